The van der Waals surface area contributed by atoms with Crippen LogP contribution in [0.4, 0.5) is 0 Å². The predicted octanol–water partition coefficient (Wildman–Crippen LogP) is 0.849. The third-order valence-electron chi connectivity index (χ3n) is 3.97. The van der Waals surface area contributed by atoms with Gasteiger partial charge in [-0.3, -0.25) is 4.79 Å². The summed E-state index contributed by atoms with van der Waals surface area (Å²) >= 11 is 0. The first-order valence-electron chi connectivity index (χ1n) is 4.47. The highest BCUT2D eigenvalue weighted by atomic mass is 16.4. The second-order valence-electron chi connectivity index (χ2n) is 4.58. The Morgan fingerprint density at radius 3 is 2.42 bits per heavy atom. The first-order chi connectivity index (χ1) is 5.50. The largest absolute Gasteiger partial charge is 0.481 e. The summed E-state index contributed by atoms with van der Waals surface area (Å²) in [5, 5.41) is 12.3. The van der Waals surface area contributed by atoms with Gasteiger partial charge in [-0.1, -0.05) is 13.8 Å². The lowest BCUT2D eigenvalue weighted by Gasteiger charge is -2.65. The van der Waals surface area contributed by atoms with Gasteiger partial charge in [0.2, 0.25) is 0 Å². The van der Waals surface area contributed by atoms with E-state index in [9.17, 15) is 4.79 Å². The van der Waals surface area contributed by atoms with Crippen LogP contribution < -0.4 is 5.32 Å². The number of carboxylic acids is 1. The molecule has 3 heteroatoms. The Balaban J connectivity index is 2.15. The van der Waals surface area contributed by atoms with Crippen molar-refractivity contribution in [3.63, 3.8) is 0 Å². The minimum atomic E-state index is -0.640. The zero-order valence-corrected chi connectivity index (χ0v) is 7.55. The molecule has 1 aliphatic heterocycles. The number of hydrogen-bond acceptors (Lipinski definition) is 2. The molecule has 1 aliphatic carbocycles. The van der Waals surface area contributed by atoms with Crippen LogP contribution in [0.3, 0.4) is 0 Å². The molecule has 0 aromatic rings. The van der Waals surface area contributed by atoms with Crippen LogP contribution in [0.1, 0.15) is 26.7 Å². The molecule has 68 valence electrons. The maximum absolute atomic E-state index is 10.8. The molecule has 2 atom stereocenters. The monoisotopic (exact) mass is 169 g/mol. The molecule has 2 rings (SSSR count). The number of carboxylic acid groups (broad SMARTS) is 1. The highest BCUT2D eigenvalue weighted by Gasteiger charge is 2.64. The van der Waals surface area contributed by atoms with Crippen molar-refractivity contribution in [3.8, 4) is 0 Å². The molecule has 1 heterocycles. The fraction of sp³-hybridized carbons (Fsp3) is 0.889. The van der Waals surface area contributed by atoms with Crippen molar-refractivity contribution in [2.75, 3.05) is 6.54 Å². The van der Waals surface area contributed by atoms with E-state index in [0.717, 1.165) is 19.4 Å². The van der Waals surface area contributed by atoms with E-state index >= 15 is 0 Å². The highest BCUT2D eigenvalue weighted by Crippen LogP contribution is 2.58. The van der Waals surface area contributed by atoms with Gasteiger partial charge in [-0.25, -0.2) is 0 Å². The Kier molecular flexibility index (Phi) is 1.35. The molecule has 2 unspecified atom stereocenters. The number of aliphatic carboxylic acids is 1. The standard InChI is InChI=1S/C9H15NO2/c1-8(2)6(7(11)12)5-9(8)3-4-10-9/h6,10H,3-5H2,1-2H3,(H,11,12). The molecule has 2 N–H and O–H groups in total. The van der Waals surface area contributed by atoms with E-state index in [1.165, 1.54) is 0 Å². The molecule has 0 amide bonds. The Bertz CT molecular complexity index is 231. The van der Waals surface area contributed by atoms with E-state index in [0.29, 0.717) is 0 Å². The fourth-order valence-corrected chi connectivity index (χ4v) is 2.62. The molecule has 3 nitrogen and oxygen atoms in total. The van der Waals surface area contributed by atoms with Crippen LogP contribution in [-0.4, -0.2) is 23.2 Å². The van der Waals surface area contributed by atoms with Crippen molar-refractivity contribution in [1.29, 1.82) is 0 Å². The minimum absolute atomic E-state index is 0.0584. The molecule has 2 fully saturated rings. The van der Waals surface area contributed by atoms with Crippen molar-refractivity contribution in [3.05, 3.63) is 0 Å². The van der Waals surface area contributed by atoms with Gasteiger partial charge in [-0.15, -0.1) is 0 Å². The average molecular weight is 169 g/mol. The van der Waals surface area contributed by atoms with E-state index in [-0.39, 0.29) is 16.9 Å². The topological polar surface area (TPSA) is 49.3 Å². The van der Waals surface area contributed by atoms with Crippen LogP contribution in [0.15, 0.2) is 0 Å². The SMILES string of the molecule is CC1(C)C(C(=O)O)CC12CCN2. The highest BCUT2D eigenvalue weighted by molar-refractivity contribution is 5.73. The van der Waals surface area contributed by atoms with E-state index in [1.54, 1.807) is 0 Å². The zero-order chi connectivity index (χ0) is 8.98. The summed E-state index contributed by atoms with van der Waals surface area (Å²) in [6.45, 7) is 5.17. The summed E-state index contributed by atoms with van der Waals surface area (Å²) in [4.78, 5) is 10.8. The van der Waals surface area contributed by atoms with Crippen LogP contribution in [0.5, 0.6) is 0 Å². The lowest BCUT2D eigenvalue weighted by Crippen LogP contribution is -2.76. The number of hydrogen-bond donors (Lipinski definition) is 2. The smallest absolute Gasteiger partial charge is 0.307 e. The Morgan fingerprint density at radius 1 is 1.58 bits per heavy atom. The molecular formula is C9H15NO2. The third-order valence-corrected chi connectivity index (χ3v) is 3.97. The van der Waals surface area contributed by atoms with Crippen molar-refractivity contribution in [2.24, 2.45) is 11.3 Å². The Labute approximate surface area is 72.2 Å². The van der Waals surface area contributed by atoms with Crippen LogP contribution in [0.2, 0.25) is 0 Å². The molecule has 0 bridgehead atoms. The zero-order valence-electron chi connectivity index (χ0n) is 7.55. The van der Waals surface area contributed by atoms with Gasteiger partial charge in [0.25, 0.3) is 0 Å². The summed E-state index contributed by atoms with van der Waals surface area (Å²) in [6, 6.07) is 0. The Hall–Kier alpha value is -0.570. The van der Waals surface area contributed by atoms with Crippen LogP contribution >= 0.6 is 0 Å². The van der Waals surface area contributed by atoms with E-state index in [4.69, 9.17) is 5.11 Å². The second-order valence-corrected chi connectivity index (χ2v) is 4.58. The summed E-state index contributed by atoms with van der Waals surface area (Å²) in [5.41, 5.74) is 0.104. The molecule has 1 saturated carbocycles. The van der Waals surface area contributed by atoms with Crippen LogP contribution in [-0.2, 0) is 4.79 Å². The third kappa shape index (κ3) is 0.678. The first-order valence-corrected chi connectivity index (χ1v) is 4.47. The normalized spacial score (nSPS) is 43.3. The number of carbonyl (C=O) groups is 1. The van der Waals surface area contributed by atoms with Crippen molar-refractivity contribution < 1.29 is 9.90 Å². The molecule has 1 spiro atoms. The van der Waals surface area contributed by atoms with E-state index in [1.807, 2.05) is 0 Å². The molecule has 0 radical (unpaired) electrons. The van der Waals surface area contributed by atoms with Gasteiger partial charge < -0.3 is 10.4 Å². The predicted molar refractivity (Wildman–Crippen MR) is 44.9 cm³/mol. The van der Waals surface area contributed by atoms with E-state index in [2.05, 4.69) is 19.2 Å². The maximum Gasteiger partial charge on any atom is 0.307 e. The molecule has 2 aliphatic rings. The summed E-state index contributed by atoms with van der Waals surface area (Å²) in [5.74, 6) is -0.787. The second kappa shape index (κ2) is 2.02. The molecule has 12 heavy (non-hydrogen) atoms. The number of rotatable bonds is 1. The van der Waals surface area contributed by atoms with Crippen LogP contribution in [0, 0.1) is 11.3 Å². The summed E-state index contributed by atoms with van der Waals surface area (Å²) in [6.07, 6.45) is 1.96. The van der Waals surface area contributed by atoms with Gasteiger partial charge in [-0.2, -0.15) is 0 Å². The van der Waals surface area contributed by atoms with E-state index < -0.39 is 5.97 Å². The van der Waals surface area contributed by atoms with Gasteiger partial charge in [0, 0.05) is 5.54 Å². The number of nitrogens with one attached hydrogen (secondary N) is 1. The average Bonchev–Trinajstić information content (AvgIpc) is 1.81. The van der Waals surface area contributed by atoms with Crippen LogP contribution in [0.25, 0.3) is 0 Å². The Morgan fingerprint density at radius 2 is 2.17 bits per heavy atom. The minimum Gasteiger partial charge on any atom is -0.481 e. The van der Waals surface area contributed by atoms with Gasteiger partial charge in [0.1, 0.15) is 0 Å². The van der Waals surface area contributed by atoms with Gasteiger partial charge in [0.15, 0.2) is 0 Å². The van der Waals surface area contributed by atoms with Crippen molar-refractivity contribution in [2.45, 2.75) is 32.2 Å². The molecule has 0 aromatic heterocycles. The quantitative estimate of drug-likeness (QED) is 0.611. The fourth-order valence-electron chi connectivity index (χ4n) is 2.62. The van der Waals surface area contributed by atoms with Gasteiger partial charge >= 0.3 is 5.97 Å². The summed E-state index contributed by atoms with van der Waals surface area (Å²) < 4.78 is 0. The van der Waals surface area contributed by atoms with Gasteiger partial charge in [0.05, 0.1) is 5.92 Å². The van der Waals surface area contributed by atoms with Crippen molar-refractivity contribution >= 4 is 5.97 Å². The maximum atomic E-state index is 10.8. The lowest BCUT2D eigenvalue weighted by molar-refractivity contribution is -0.173. The first kappa shape index (κ1) is 8.05. The lowest BCUT2D eigenvalue weighted by atomic mass is 9.46. The molecule has 0 aromatic carbocycles. The summed E-state index contributed by atoms with van der Waals surface area (Å²) in [7, 11) is 0. The molecular weight excluding hydrogens is 154 g/mol. The van der Waals surface area contributed by atoms with Crippen molar-refractivity contribution in [1.82, 2.24) is 5.32 Å². The van der Waals surface area contributed by atoms with Gasteiger partial charge in [-0.05, 0) is 24.8 Å². The molecule has 1 saturated heterocycles.